The number of nitrogens with zero attached hydrogens (tertiary/aromatic N) is 1. The number of benzene rings is 8. The Morgan fingerprint density at radius 3 is 1.88 bits per heavy atom. The quantitative estimate of drug-likeness (QED) is 0.169. The number of hydrogen-bond acceptors (Lipinski definition) is 2. The van der Waals surface area contributed by atoms with Gasteiger partial charge in [0.15, 0.2) is 0 Å². The van der Waals surface area contributed by atoms with Crippen LogP contribution in [-0.2, 0) is 5.41 Å². The Kier molecular flexibility index (Phi) is 7.69. The lowest BCUT2D eigenvalue weighted by Gasteiger charge is -2.32. The average Bonchev–Trinajstić information content (AvgIpc) is 3.75. The molecule has 8 aromatic rings. The minimum absolute atomic E-state index is 0.0460. The summed E-state index contributed by atoms with van der Waals surface area (Å²) in [6, 6.07) is 66.2. The molecule has 0 spiro atoms. The summed E-state index contributed by atoms with van der Waals surface area (Å²) >= 11 is 0. The number of hydrogen-bond donors (Lipinski definition) is 0. The summed E-state index contributed by atoms with van der Waals surface area (Å²) in [6.45, 7) is 4.72. The SMILES string of the molecule is CC1(C)c2ccccc2-c2ccc(N(C3=CC4c5c(cc(-c6ccccc6)c6ccccc56)OC4C=C3)c3ccccc3-c3ccc(-c4ccccc4)cc3)cc21. The topological polar surface area (TPSA) is 12.5 Å². The van der Waals surface area contributed by atoms with Crippen LogP contribution in [0.5, 0.6) is 5.75 Å². The molecule has 0 amide bonds. The Hall–Kier alpha value is -6.90. The van der Waals surface area contributed by atoms with Crippen molar-refractivity contribution in [2.24, 2.45) is 0 Å². The Morgan fingerprint density at radius 2 is 1.09 bits per heavy atom. The molecule has 0 saturated carbocycles. The lowest BCUT2D eigenvalue weighted by atomic mass is 9.82. The summed E-state index contributed by atoms with van der Waals surface area (Å²) in [7, 11) is 0. The second kappa shape index (κ2) is 13.1. The molecule has 2 atom stereocenters. The predicted molar refractivity (Wildman–Crippen MR) is 237 cm³/mol. The van der Waals surface area contributed by atoms with Crippen LogP contribution in [-0.4, -0.2) is 6.10 Å². The van der Waals surface area contributed by atoms with Crippen LogP contribution in [0.3, 0.4) is 0 Å². The number of allylic oxidation sites excluding steroid dienone is 1. The van der Waals surface area contributed by atoms with E-state index in [1.54, 1.807) is 0 Å². The Balaban J connectivity index is 1.08. The molecule has 3 aliphatic rings. The lowest BCUT2D eigenvalue weighted by Crippen LogP contribution is -2.24. The lowest BCUT2D eigenvalue weighted by molar-refractivity contribution is 0.268. The van der Waals surface area contributed by atoms with Gasteiger partial charge in [0, 0.05) is 33.8 Å². The summed E-state index contributed by atoms with van der Waals surface area (Å²) in [6.07, 6.45) is 6.91. The third kappa shape index (κ3) is 5.39. The van der Waals surface area contributed by atoms with E-state index in [0.717, 1.165) is 22.8 Å². The van der Waals surface area contributed by atoms with Crippen molar-refractivity contribution in [2.45, 2.75) is 31.3 Å². The van der Waals surface area contributed by atoms with Gasteiger partial charge in [0.05, 0.1) is 5.69 Å². The third-order valence-electron chi connectivity index (χ3n) is 12.4. The first-order valence-corrected chi connectivity index (χ1v) is 20.0. The largest absolute Gasteiger partial charge is 0.485 e. The average molecular weight is 732 g/mol. The predicted octanol–water partition coefficient (Wildman–Crippen LogP) is 14.3. The van der Waals surface area contributed by atoms with Crippen molar-refractivity contribution in [1.29, 1.82) is 0 Å². The second-order valence-electron chi connectivity index (χ2n) is 16.0. The standard InChI is InChI=1S/C55H41NO/c1-55(2)49-23-13-11-21-44(49)45-31-29-41(34-50(45)55)56(51-24-14-12-19-42(51)39-27-25-37(26-28-39)36-15-5-3-6-16-36)40-30-32-52-48(33-40)54-46-22-10-9-20-43(46)47(35-53(54)57-52)38-17-7-4-8-18-38/h3-35,48,52H,1-2H3. The molecule has 0 bridgehead atoms. The molecular formula is C55H41NO. The van der Waals surface area contributed by atoms with Crippen LogP contribution >= 0.6 is 0 Å². The van der Waals surface area contributed by atoms with Gasteiger partial charge in [-0.3, -0.25) is 0 Å². The molecule has 0 fully saturated rings. The van der Waals surface area contributed by atoms with Gasteiger partial charge < -0.3 is 9.64 Å². The number of fused-ring (bicyclic) bond motifs is 8. The first-order valence-electron chi connectivity index (χ1n) is 20.0. The number of anilines is 2. The van der Waals surface area contributed by atoms with Gasteiger partial charge in [0.25, 0.3) is 0 Å². The van der Waals surface area contributed by atoms with E-state index >= 15 is 0 Å². The van der Waals surface area contributed by atoms with Crippen LogP contribution in [0, 0.1) is 0 Å². The van der Waals surface area contributed by atoms with E-state index in [4.69, 9.17) is 4.74 Å². The fourth-order valence-electron chi connectivity index (χ4n) is 9.62. The van der Waals surface area contributed by atoms with Crippen molar-refractivity contribution in [3.05, 3.63) is 223 Å². The van der Waals surface area contributed by atoms with Crippen LogP contribution < -0.4 is 9.64 Å². The summed E-state index contributed by atoms with van der Waals surface area (Å²) in [4.78, 5) is 2.48. The van der Waals surface area contributed by atoms with Crippen LogP contribution in [0.4, 0.5) is 11.4 Å². The number of rotatable bonds is 6. The Labute approximate surface area is 334 Å². The maximum absolute atomic E-state index is 6.84. The molecule has 8 aromatic carbocycles. The van der Waals surface area contributed by atoms with E-state index in [-0.39, 0.29) is 17.4 Å². The maximum atomic E-state index is 6.84. The monoisotopic (exact) mass is 731 g/mol. The molecule has 0 aromatic heterocycles. The molecule has 2 unspecified atom stereocenters. The first-order chi connectivity index (χ1) is 28.0. The summed E-state index contributed by atoms with van der Waals surface area (Å²) in [5, 5.41) is 2.49. The van der Waals surface area contributed by atoms with Crippen LogP contribution in [0.1, 0.15) is 36.5 Å². The second-order valence-corrected chi connectivity index (χ2v) is 16.0. The van der Waals surface area contributed by atoms with Crippen molar-refractivity contribution < 1.29 is 4.74 Å². The number of para-hydroxylation sites is 1. The minimum Gasteiger partial charge on any atom is -0.485 e. The van der Waals surface area contributed by atoms with Gasteiger partial charge in [-0.15, -0.1) is 0 Å². The van der Waals surface area contributed by atoms with Crippen molar-refractivity contribution in [1.82, 2.24) is 0 Å². The van der Waals surface area contributed by atoms with Gasteiger partial charge in [0.2, 0.25) is 0 Å². The van der Waals surface area contributed by atoms with Gasteiger partial charge in [-0.1, -0.05) is 172 Å². The van der Waals surface area contributed by atoms with Gasteiger partial charge in [-0.05, 0) is 103 Å². The molecule has 0 saturated heterocycles. The van der Waals surface area contributed by atoms with Crippen molar-refractivity contribution >= 4 is 22.1 Å². The molecule has 2 aliphatic carbocycles. The van der Waals surface area contributed by atoms with Crippen molar-refractivity contribution in [2.75, 3.05) is 4.90 Å². The Bertz CT molecular complexity index is 2900. The first kappa shape index (κ1) is 33.4. The fraction of sp³-hybridized carbons (Fsp3) is 0.0909. The highest BCUT2D eigenvalue weighted by Gasteiger charge is 2.39. The highest BCUT2D eigenvalue weighted by atomic mass is 16.5. The normalized spacial score (nSPS) is 16.9. The van der Waals surface area contributed by atoms with Crippen LogP contribution in [0.2, 0.25) is 0 Å². The molecule has 0 radical (unpaired) electrons. The molecule has 0 N–H and O–H groups in total. The summed E-state index contributed by atoms with van der Waals surface area (Å²) in [5.74, 6) is 1.01. The molecule has 2 nitrogen and oxygen atoms in total. The minimum atomic E-state index is -0.129. The molecule has 2 heteroatoms. The zero-order valence-corrected chi connectivity index (χ0v) is 32.1. The molecule has 1 heterocycles. The maximum Gasteiger partial charge on any atom is 0.128 e. The zero-order chi connectivity index (χ0) is 38.1. The van der Waals surface area contributed by atoms with E-state index in [1.807, 2.05) is 0 Å². The molecule has 272 valence electrons. The van der Waals surface area contributed by atoms with E-state index in [1.165, 1.54) is 72.0 Å². The molecule has 57 heavy (non-hydrogen) atoms. The summed E-state index contributed by atoms with van der Waals surface area (Å²) in [5.41, 5.74) is 17.1. The van der Waals surface area contributed by atoms with E-state index in [9.17, 15) is 0 Å². The van der Waals surface area contributed by atoms with Gasteiger partial charge in [0.1, 0.15) is 11.9 Å². The van der Waals surface area contributed by atoms with E-state index < -0.39 is 0 Å². The van der Waals surface area contributed by atoms with E-state index in [0.29, 0.717) is 0 Å². The van der Waals surface area contributed by atoms with Gasteiger partial charge in [-0.25, -0.2) is 0 Å². The number of ether oxygens (including phenoxy) is 1. The molecule has 11 rings (SSSR count). The Morgan fingerprint density at radius 1 is 0.491 bits per heavy atom. The van der Waals surface area contributed by atoms with Gasteiger partial charge in [-0.2, -0.15) is 0 Å². The third-order valence-corrected chi connectivity index (χ3v) is 12.4. The van der Waals surface area contributed by atoms with Crippen LogP contribution in [0.15, 0.2) is 206 Å². The smallest absolute Gasteiger partial charge is 0.128 e. The van der Waals surface area contributed by atoms with Crippen LogP contribution in [0.25, 0.3) is 55.3 Å². The molecule has 1 aliphatic heterocycles. The zero-order valence-electron chi connectivity index (χ0n) is 32.1. The molecular weight excluding hydrogens is 691 g/mol. The van der Waals surface area contributed by atoms with Crippen molar-refractivity contribution in [3.63, 3.8) is 0 Å². The van der Waals surface area contributed by atoms with Gasteiger partial charge >= 0.3 is 0 Å². The fourth-order valence-corrected chi connectivity index (χ4v) is 9.62. The summed E-state index contributed by atoms with van der Waals surface area (Å²) < 4.78 is 6.84. The van der Waals surface area contributed by atoms with Crippen molar-refractivity contribution in [3.8, 4) is 50.3 Å². The highest BCUT2D eigenvalue weighted by Crippen LogP contribution is 2.53. The van der Waals surface area contributed by atoms with E-state index in [2.05, 4.69) is 219 Å². The highest BCUT2D eigenvalue weighted by molar-refractivity contribution is 6.01.